The summed E-state index contributed by atoms with van der Waals surface area (Å²) in [5, 5.41) is 22.9. The van der Waals surface area contributed by atoms with E-state index >= 15 is 0 Å². The lowest BCUT2D eigenvalue weighted by molar-refractivity contribution is -0.155. The van der Waals surface area contributed by atoms with Crippen molar-refractivity contribution in [2.24, 2.45) is 0 Å². The van der Waals surface area contributed by atoms with Crippen molar-refractivity contribution >= 4 is 40.3 Å². The Balaban J connectivity index is 2.48. The van der Waals surface area contributed by atoms with E-state index in [0.717, 1.165) is 10.5 Å². The van der Waals surface area contributed by atoms with Gasteiger partial charge in [0.2, 0.25) is 0 Å². The first-order valence-electron chi connectivity index (χ1n) is 5.07. The number of carboxylic acids is 1. The highest BCUT2D eigenvalue weighted by Crippen LogP contribution is 2.10. The van der Waals surface area contributed by atoms with Crippen LogP contribution in [0.25, 0.3) is 0 Å². The van der Waals surface area contributed by atoms with Crippen LogP contribution in [0.3, 0.4) is 0 Å². The predicted octanol–water partition coefficient (Wildman–Crippen LogP) is 1.25. The van der Waals surface area contributed by atoms with Gasteiger partial charge in [-0.2, -0.15) is 0 Å². The van der Waals surface area contributed by atoms with Crippen LogP contribution in [-0.2, 0) is 4.79 Å². The lowest BCUT2D eigenvalue weighted by Gasteiger charge is -2.18. The molecular weight excluding hydrogens is 351 g/mol. The number of carbonyl (C=O) groups is 2. The molecule has 4 N–H and O–H groups in total. The van der Waals surface area contributed by atoms with Gasteiger partial charge in [0.15, 0.2) is 5.60 Å². The van der Waals surface area contributed by atoms with Crippen molar-refractivity contribution in [2.75, 3.05) is 11.9 Å². The molecule has 0 fully saturated rings. The summed E-state index contributed by atoms with van der Waals surface area (Å²) in [7, 11) is 0. The molecular formula is C11H13IN2O4. The monoisotopic (exact) mass is 364 g/mol. The predicted molar refractivity (Wildman–Crippen MR) is 74.4 cm³/mol. The van der Waals surface area contributed by atoms with Gasteiger partial charge in [-0.3, -0.25) is 0 Å². The van der Waals surface area contributed by atoms with Crippen LogP contribution in [-0.4, -0.2) is 34.4 Å². The summed E-state index contributed by atoms with van der Waals surface area (Å²) in [4.78, 5) is 22.0. The number of aliphatic hydroxyl groups is 1. The van der Waals surface area contributed by atoms with Gasteiger partial charge < -0.3 is 20.8 Å². The van der Waals surface area contributed by atoms with Gasteiger partial charge in [0, 0.05) is 9.26 Å². The fourth-order valence-electron chi connectivity index (χ4n) is 1.04. The Hall–Kier alpha value is -1.35. The highest BCUT2D eigenvalue weighted by Gasteiger charge is 2.30. The average molecular weight is 364 g/mol. The molecule has 0 radical (unpaired) electrons. The number of halogens is 1. The van der Waals surface area contributed by atoms with Gasteiger partial charge in [0.25, 0.3) is 0 Å². The molecule has 0 saturated carbocycles. The minimum absolute atomic E-state index is 0.376. The Kier molecular flexibility index (Phi) is 4.91. The molecule has 0 aliphatic heterocycles. The summed E-state index contributed by atoms with van der Waals surface area (Å²) in [6.07, 6.45) is 0. The van der Waals surface area contributed by atoms with E-state index in [1.54, 1.807) is 12.1 Å². The van der Waals surface area contributed by atoms with Crippen LogP contribution < -0.4 is 10.6 Å². The summed E-state index contributed by atoms with van der Waals surface area (Å²) in [5.41, 5.74) is -1.40. The van der Waals surface area contributed by atoms with Crippen LogP contribution in [0.4, 0.5) is 10.5 Å². The molecule has 1 aromatic rings. The van der Waals surface area contributed by atoms with E-state index in [-0.39, 0.29) is 6.54 Å². The van der Waals surface area contributed by atoms with Crippen LogP contribution in [0.1, 0.15) is 6.92 Å². The number of rotatable bonds is 4. The van der Waals surface area contributed by atoms with Crippen molar-refractivity contribution in [3.63, 3.8) is 0 Å². The van der Waals surface area contributed by atoms with Crippen molar-refractivity contribution in [1.82, 2.24) is 5.32 Å². The van der Waals surface area contributed by atoms with Gasteiger partial charge in [-0.1, -0.05) is 0 Å². The van der Waals surface area contributed by atoms with Crippen molar-refractivity contribution < 1.29 is 19.8 Å². The maximum atomic E-state index is 11.4. The Labute approximate surface area is 118 Å². The SMILES string of the molecule is CC(O)(CNC(=O)Nc1ccc(I)cc1)C(=O)O. The molecule has 0 spiro atoms. The molecule has 0 aliphatic rings. The van der Waals surface area contributed by atoms with Crippen LogP contribution >= 0.6 is 22.6 Å². The maximum absolute atomic E-state index is 11.4. The largest absolute Gasteiger partial charge is 0.479 e. The lowest BCUT2D eigenvalue weighted by Crippen LogP contribution is -2.47. The molecule has 0 saturated heterocycles. The average Bonchev–Trinajstić information content (AvgIpc) is 2.29. The van der Waals surface area contributed by atoms with Gasteiger partial charge in [-0.05, 0) is 53.8 Å². The first-order chi connectivity index (χ1) is 8.31. The Bertz CT molecular complexity index is 445. The smallest absolute Gasteiger partial charge is 0.337 e. The number of urea groups is 1. The van der Waals surface area contributed by atoms with Crippen LogP contribution in [0.2, 0.25) is 0 Å². The van der Waals surface area contributed by atoms with Gasteiger partial charge in [0.1, 0.15) is 0 Å². The summed E-state index contributed by atoms with van der Waals surface area (Å²) in [6.45, 7) is 0.735. The first-order valence-corrected chi connectivity index (χ1v) is 6.15. The number of hydrogen-bond acceptors (Lipinski definition) is 3. The van der Waals surface area contributed by atoms with Gasteiger partial charge >= 0.3 is 12.0 Å². The van der Waals surface area contributed by atoms with Crippen molar-refractivity contribution in [3.8, 4) is 0 Å². The maximum Gasteiger partial charge on any atom is 0.337 e. The van der Waals surface area contributed by atoms with Crippen LogP contribution in [0, 0.1) is 3.57 Å². The van der Waals surface area contributed by atoms with E-state index < -0.39 is 17.6 Å². The number of nitrogens with one attached hydrogen (secondary N) is 2. The van der Waals surface area contributed by atoms with Gasteiger partial charge in [0.05, 0.1) is 6.54 Å². The fourth-order valence-corrected chi connectivity index (χ4v) is 1.40. The number of amides is 2. The Morgan fingerprint density at radius 1 is 1.33 bits per heavy atom. The number of hydrogen-bond donors (Lipinski definition) is 4. The third kappa shape index (κ3) is 4.49. The highest BCUT2D eigenvalue weighted by atomic mass is 127. The summed E-state index contributed by atoms with van der Waals surface area (Å²) in [6, 6.07) is 6.51. The summed E-state index contributed by atoms with van der Waals surface area (Å²) < 4.78 is 1.03. The number of benzene rings is 1. The number of aliphatic carboxylic acids is 1. The zero-order valence-electron chi connectivity index (χ0n) is 9.61. The second-order valence-corrected chi connectivity index (χ2v) is 5.14. The quantitative estimate of drug-likeness (QED) is 0.605. The molecule has 1 unspecified atom stereocenters. The molecule has 6 nitrogen and oxygen atoms in total. The fraction of sp³-hybridized carbons (Fsp3) is 0.273. The second kappa shape index (κ2) is 6.01. The van der Waals surface area contributed by atoms with Crippen LogP contribution in [0.15, 0.2) is 24.3 Å². The summed E-state index contributed by atoms with van der Waals surface area (Å²) in [5.74, 6) is -1.39. The third-order valence-electron chi connectivity index (χ3n) is 2.16. The van der Waals surface area contributed by atoms with Gasteiger partial charge in [-0.25, -0.2) is 9.59 Å². The molecule has 18 heavy (non-hydrogen) atoms. The molecule has 0 heterocycles. The van der Waals surface area contributed by atoms with E-state index in [4.69, 9.17) is 5.11 Å². The standard InChI is InChI=1S/C11H13IN2O4/c1-11(18,9(15)16)6-13-10(17)14-8-4-2-7(12)3-5-8/h2-5,18H,6H2,1H3,(H,15,16)(H2,13,14,17). The van der Waals surface area contributed by atoms with Crippen molar-refractivity contribution in [3.05, 3.63) is 27.8 Å². The van der Waals surface area contributed by atoms with E-state index in [9.17, 15) is 14.7 Å². The van der Waals surface area contributed by atoms with Crippen molar-refractivity contribution in [2.45, 2.75) is 12.5 Å². The zero-order valence-corrected chi connectivity index (χ0v) is 11.8. The molecule has 0 aromatic heterocycles. The van der Waals surface area contributed by atoms with Crippen LogP contribution in [0.5, 0.6) is 0 Å². The lowest BCUT2D eigenvalue weighted by atomic mass is 10.1. The molecule has 0 aliphatic carbocycles. The van der Waals surface area contributed by atoms with E-state index in [2.05, 4.69) is 33.2 Å². The molecule has 98 valence electrons. The number of carbonyl (C=O) groups excluding carboxylic acids is 1. The minimum atomic E-state index is -1.98. The summed E-state index contributed by atoms with van der Waals surface area (Å²) >= 11 is 2.14. The number of anilines is 1. The molecule has 1 aromatic carbocycles. The number of carboxylic acid groups (broad SMARTS) is 1. The van der Waals surface area contributed by atoms with Gasteiger partial charge in [-0.15, -0.1) is 0 Å². The molecule has 1 rings (SSSR count). The Morgan fingerprint density at radius 3 is 2.39 bits per heavy atom. The molecule has 1 atom stereocenters. The van der Waals surface area contributed by atoms with E-state index in [1.165, 1.54) is 0 Å². The first kappa shape index (κ1) is 14.7. The normalized spacial score (nSPS) is 13.5. The van der Waals surface area contributed by atoms with E-state index in [1.807, 2.05) is 12.1 Å². The molecule has 7 heteroatoms. The molecule has 2 amide bonds. The Morgan fingerprint density at radius 2 is 1.89 bits per heavy atom. The zero-order chi connectivity index (χ0) is 13.8. The highest BCUT2D eigenvalue weighted by molar-refractivity contribution is 14.1. The minimum Gasteiger partial charge on any atom is -0.479 e. The van der Waals surface area contributed by atoms with Crippen molar-refractivity contribution in [1.29, 1.82) is 0 Å². The second-order valence-electron chi connectivity index (χ2n) is 3.89. The third-order valence-corrected chi connectivity index (χ3v) is 2.88. The molecule has 0 bridgehead atoms. The topological polar surface area (TPSA) is 98.7 Å². The van der Waals surface area contributed by atoms with E-state index in [0.29, 0.717) is 5.69 Å².